The third kappa shape index (κ3) is 9.63. The quantitative estimate of drug-likeness (QED) is 0.137. The van der Waals surface area contributed by atoms with Crippen LogP contribution in [-0.2, 0) is 30.0 Å². The molecule has 0 spiro atoms. The molecular formula is C25H44N7O5P. The third-order valence-corrected chi connectivity index (χ3v) is 7.04. The second-order valence-corrected chi connectivity index (χ2v) is 13.2. The Kier molecular flexibility index (Phi) is 11.2. The largest absolute Gasteiger partial charge is 0.462 e. The molecule has 0 aliphatic heterocycles. The fourth-order valence-corrected chi connectivity index (χ4v) is 5.51. The predicted octanol–water partition coefficient (Wildman–Crippen LogP) is 4.75. The SMILES string of the molecule is CC(C)CC(CC(C)C)=NO[P@](=O)(COC(C)Cn1cnc2c(N)ncnc21)NC(C)(C)C(=O)OC(C)C. The maximum Gasteiger partial charge on any atom is 0.365 e. The number of nitrogens with one attached hydrogen (secondary N) is 1. The Hall–Kier alpha value is -2.56. The molecule has 0 aliphatic carbocycles. The smallest absolute Gasteiger partial charge is 0.365 e. The van der Waals surface area contributed by atoms with Gasteiger partial charge in [0.05, 0.1) is 30.8 Å². The van der Waals surface area contributed by atoms with Crippen LogP contribution in [-0.4, -0.2) is 55.3 Å². The van der Waals surface area contributed by atoms with E-state index in [1.807, 2.05) is 6.92 Å². The lowest BCUT2D eigenvalue weighted by molar-refractivity contribution is -0.153. The number of ether oxygens (including phenoxy) is 2. The van der Waals surface area contributed by atoms with Gasteiger partial charge in [-0.3, -0.25) is 9.36 Å². The van der Waals surface area contributed by atoms with E-state index in [9.17, 15) is 9.36 Å². The number of esters is 1. The number of imidazole rings is 1. The Morgan fingerprint density at radius 3 is 2.32 bits per heavy atom. The van der Waals surface area contributed by atoms with Gasteiger partial charge in [0.2, 0.25) is 0 Å². The highest BCUT2D eigenvalue weighted by Crippen LogP contribution is 2.46. The Morgan fingerprint density at radius 1 is 1.11 bits per heavy atom. The second-order valence-electron chi connectivity index (χ2n) is 11.2. The minimum Gasteiger partial charge on any atom is -0.462 e. The number of fused-ring (bicyclic) bond motifs is 1. The van der Waals surface area contributed by atoms with Crippen LogP contribution >= 0.6 is 7.52 Å². The minimum atomic E-state index is -3.81. The van der Waals surface area contributed by atoms with Gasteiger partial charge in [-0.05, 0) is 59.3 Å². The topological polar surface area (TPSA) is 156 Å². The van der Waals surface area contributed by atoms with E-state index in [1.54, 1.807) is 38.6 Å². The molecular weight excluding hydrogens is 509 g/mol. The third-order valence-electron chi connectivity index (χ3n) is 5.30. The first-order valence-electron chi connectivity index (χ1n) is 13.0. The maximum absolute atomic E-state index is 14.0. The molecule has 2 aromatic heterocycles. The average Bonchev–Trinajstić information content (AvgIpc) is 3.19. The number of carbonyl (C=O) groups is 1. The van der Waals surface area contributed by atoms with Crippen LogP contribution in [0.4, 0.5) is 5.82 Å². The summed E-state index contributed by atoms with van der Waals surface area (Å²) in [6, 6.07) is 0. The van der Waals surface area contributed by atoms with E-state index in [2.05, 4.69) is 52.9 Å². The summed E-state index contributed by atoms with van der Waals surface area (Å²) >= 11 is 0. The van der Waals surface area contributed by atoms with Crippen molar-refractivity contribution in [1.29, 1.82) is 0 Å². The Bertz CT molecular complexity index is 1130. The summed E-state index contributed by atoms with van der Waals surface area (Å²) in [7, 11) is -3.81. The van der Waals surface area contributed by atoms with E-state index >= 15 is 0 Å². The molecule has 0 bridgehead atoms. The van der Waals surface area contributed by atoms with E-state index in [0.717, 1.165) is 5.71 Å². The highest BCUT2D eigenvalue weighted by molar-refractivity contribution is 7.56. The molecule has 12 nitrogen and oxygen atoms in total. The Morgan fingerprint density at radius 2 is 1.74 bits per heavy atom. The van der Waals surface area contributed by atoms with Gasteiger partial charge in [-0.2, -0.15) is 0 Å². The summed E-state index contributed by atoms with van der Waals surface area (Å²) in [5.41, 5.74) is 6.43. The number of nitrogen functional groups attached to an aromatic ring is 1. The van der Waals surface area contributed by atoms with E-state index < -0.39 is 25.1 Å². The van der Waals surface area contributed by atoms with Crippen LogP contribution in [0.25, 0.3) is 11.2 Å². The summed E-state index contributed by atoms with van der Waals surface area (Å²) in [5, 5.41) is 7.16. The molecule has 2 atom stereocenters. The van der Waals surface area contributed by atoms with Crippen LogP contribution in [0.5, 0.6) is 0 Å². The number of hydrogen-bond donors (Lipinski definition) is 2. The van der Waals surface area contributed by atoms with Gasteiger partial charge in [-0.15, -0.1) is 0 Å². The fourth-order valence-electron chi connectivity index (χ4n) is 3.72. The molecule has 2 aromatic rings. The van der Waals surface area contributed by atoms with Crippen LogP contribution in [0.2, 0.25) is 0 Å². The average molecular weight is 554 g/mol. The molecule has 0 saturated carbocycles. The van der Waals surface area contributed by atoms with Gasteiger partial charge < -0.3 is 24.4 Å². The van der Waals surface area contributed by atoms with Crippen molar-refractivity contribution in [3.8, 4) is 0 Å². The van der Waals surface area contributed by atoms with E-state index in [4.69, 9.17) is 19.8 Å². The summed E-state index contributed by atoms with van der Waals surface area (Å²) < 4.78 is 32.8. The number of nitrogens with two attached hydrogens (primary N) is 1. The molecule has 2 heterocycles. The van der Waals surface area contributed by atoms with Crippen molar-refractivity contribution in [2.24, 2.45) is 17.0 Å². The summed E-state index contributed by atoms with van der Waals surface area (Å²) in [6.45, 7) is 17.2. The summed E-state index contributed by atoms with van der Waals surface area (Å²) in [5.74, 6) is 0.427. The van der Waals surface area contributed by atoms with Crippen LogP contribution in [0.3, 0.4) is 0 Å². The monoisotopic (exact) mass is 553 g/mol. The van der Waals surface area contributed by atoms with E-state index in [1.165, 1.54) is 6.33 Å². The number of rotatable bonds is 15. The van der Waals surface area contributed by atoms with Crippen molar-refractivity contribution in [2.75, 3.05) is 12.1 Å². The lowest BCUT2D eigenvalue weighted by Gasteiger charge is -2.29. The normalized spacial score (nSPS) is 14.6. The summed E-state index contributed by atoms with van der Waals surface area (Å²) in [4.78, 5) is 25.2. The molecule has 0 radical (unpaired) electrons. The zero-order valence-electron chi connectivity index (χ0n) is 24.1. The van der Waals surface area contributed by atoms with Gasteiger partial charge in [0.25, 0.3) is 0 Å². The molecule has 0 fully saturated rings. The van der Waals surface area contributed by atoms with E-state index in [-0.39, 0.29) is 18.3 Å². The zero-order chi connectivity index (χ0) is 28.7. The van der Waals surface area contributed by atoms with Crippen LogP contribution in [0, 0.1) is 11.8 Å². The van der Waals surface area contributed by atoms with Crippen molar-refractivity contribution in [3.63, 3.8) is 0 Å². The highest BCUT2D eigenvalue weighted by Gasteiger charge is 2.40. The number of oxime groups is 1. The predicted molar refractivity (Wildman–Crippen MR) is 149 cm³/mol. The van der Waals surface area contributed by atoms with Crippen LogP contribution in [0.1, 0.15) is 75.2 Å². The molecule has 0 aromatic carbocycles. The number of nitrogens with zero attached hydrogens (tertiary/aromatic N) is 5. The molecule has 1 unspecified atom stereocenters. The Balaban J connectivity index is 2.24. The van der Waals surface area contributed by atoms with Gasteiger partial charge in [0.1, 0.15) is 23.7 Å². The first-order chi connectivity index (χ1) is 17.6. The lowest BCUT2D eigenvalue weighted by atomic mass is 9.99. The van der Waals surface area contributed by atoms with Crippen molar-refractivity contribution in [3.05, 3.63) is 12.7 Å². The molecule has 2 rings (SSSR count). The van der Waals surface area contributed by atoms with Gasteiger partial charge in [-0.25, -0.2) is 20.0 Å². The number of anilines is 1. The highest BCUT2D eigenvalue weighted by atomic mass is 31.2. The van der Waals surface area contributed by atoms with E-state index in [0.29, 0.717) is 42.4 Å². The molecule has 0 saturated heterocycles. The Labute approximate surface area is 225 Å². The molecule has 0 aliphatic rings. The number of hydrogen-bond acceptors (Lipinski definition) is 10. The van der Waals surface area contributed by atoms with Crippen molar-refractivity contribution in [1.82, 2.24) is 24.6 Å². The molecule has 13 heteroatoms. The van der Waals surface area contributed by atoms with Gasteiger partial charge in [-0.1, -0.05) is 32.9 Å². The first kappa shape index (κ1) is 31.7. The van der Waals surface area contributed by atoms with Gasteiger partial charge in [0, 0.05) is 0 Å². The minimum absolute atomic E-state index is 0.288. The molecule has 38 heavy (non-hydrogen) atoms. The lowest BCUT2D eigenvalue weighted by Crippen LogP contribution is -2.47. The fraction of sp³-hybridized carbons (Fsp3) is 0.720. The van der Waals surface area contributed by atoms with Crippen molar-refractivity contribution >= 4 is 36.2 Å². The zero-order valence-corrected chi connectivity index (χ0v) is 25.0. The number of carbonyl (C=O) groups excluding carboxylic acids is 1. The van der Waals surface area contributed by atoms with Crippen molar-refractivity contribution in [2.45, 2.75) is 99.4 Å². The molecule has 0 amide bonds. The van der Waals surface area contributed by atoms with Gasteiger partial charge in [0.15, 0.2) is 11.5 Å². The van der Waals surface area contributed by atoms with Crippen LogP contribution in [0.15, 0.2) is 17.8 Å². The number of aromatic nitrogens is 4. The molecule has 214 valence electrons. The van der Waals surface area contributed by atoms with Crippen LogP contribution < -0.4 is 10.8 Å². The molecule has 3 N–H and O–H groups in total. The first-order valence-corrected chi connectivity index (χ1v) is 14.8. The van der Waals surface area contributed by atoms with Gasteiger partial charge >= 0.3 is 13.5 Å². The summed E-state index contributed by atoms with van der Waals surface area (Å²) in [6.07, 6.45) is 3.31. The second kappa shape index (κ2) is 13.5. The van der Waals surface area contributed by atoms with Crippen molar-refractivity contribution < 1.29 is 23.5 Å². The maximum atomic E-state index is 14.0. The standard InChI is InChI=1S/C25H44N7O5P/c1-16(2)10-20(11-17(3)4)30-37-38(34,31-25(8,9)24(33)36-18(5)6)15-35-19(7)12-32-14-29-21-22(26)27-13-28-23(21)32/h13-14,16-19H,10-12,15H2,1-9H3,(H,31,34)(H2,26,27,28)/t19?,38-/m1/s1.